The molecule has 146 valence electrons. The third-order valence-electron chi connectivity index (χ3n) is 4.74. The molecule has 1 rings (SSSR count). The molecule has 0 aromatic heterocycles. The quantitative estimate of drug-likeness (QED) is 0.228. The number of ether oxygens (including phenoxy) is 3. The summed E-state index contributed by atoms with van der Waals surface area (Å²) in [5, 5.41) is 0. The van der Waals surface area contributed by atoms with Gasteiger partial charge < -0.3 is 14.2 Å². The number of rotatable bonds is 12. The average molecular weight is 364 g/mol. The first kappa shape index (κ1) is 22.0. The van der Waals surface area contributed by atoms with Crippen LogP contribution < -0.4 is 9.47 Å². The molecule has 0 fully saturated rings. The molecule has 26 heavy (non-hydrogen) atoms. The Bertz CT molecular complexity index is 546. The number of carbonyl (C=O) groups excluding carboxylic acids is 2. The highest BCUT2D eigenvalue weighted by Crippen LogP contribution is 2.31. The van der Waals surface area contributed by atoms with Crippen LogP contribution in [-0.4, -0.2) is 25.7 Å². The second kappa shape index (κ2) is 11.6. The molecule has 5 nitrogen and oxygen atoms in total. The zero-order chi connectivity index (χ0) is 19.4. The standard InChI is InChI=1S/C21H32O5/c1-5-8-9-10-11-16-25-19(22)21(6-2,7-3)20(23)26-18-14-12-17(24-4)13-15-18/h12-15H,5-11,16H2,1-4H3. The van der Waals surface area contributed by atoms with Crippen LogP contribution in [0.4, 0.5) is 0 Å². The van der Waals surface area contributed by atoms with Crippen LogP contribution in [0.15, 0.2) is 24.3 Å². The van der Waals surface area contributed by atoms with E-state index in [1.165, 1.54) is 12.8 Å². The molecule has 0 unspecified atom stereocenters. The molecule has 0 saturated carbocycles. The van der Waals surface area contributed by atoms with Crippen LogP contribution >= 0.6 is 0 Å². The lowest BCUT2D eigenvalue weighted by Crippen LogP contribution is -2.42. The van der Waals surface area contributed by atoms with E-state index in [1.54, 1.807) is 45.2 Å². The summed E-state index contributed by atoms with van der Waals surface area (Å²) in [6.07, 6.45) is 6.04. The number of carbonyl (C=O) groups is 2. The summed E-state index contributed by atoms with van der Waals surface area (Å²) >= 11 is 0. The molecule has 1 aromatic carbocycles. The molecule has 0 spiro atoms. The maximum absolute atomic E-state index is 12.7. The lowest BCUT2D eigenvalue weighted by Gasteiger charge is -2.26. The minimum atomic E-state index is -1.26. The van der Waals surface area contributed by atoms with Crippen molar-refractivity contribution in [2.24, 2.45) is 5.41 Å². The van der Waals surface area contributed by atoms with E-state index >= 15 is 0 Å². The Morgan fingerprint density at radius 2 is 1.42 bits per heavy atom. The van der Waals surface area contributed by atoms with Crippen molar-refractivity contribution in [3.63, 3.8) is 0 Å². The fourth-order valence-corrected chi connectivity index (χ4v) is 2.77. The topological polar surface area (TPSA) is 61.8 Å². The minimum absolute atomic E-state index is 0.340. The highest BCUT2D eigenvalue weighted by molar-refractivity contribution is 6.00. The Morgan fingerprint density at radius 3 is 1.96 bits per heavy atom. The summed E-state index contributed by atoms with van der Waals surface area (Å²) in [5.74, 6) is -0.000813. The van der Waals surface area contributed by atoms with Gasteiger partial charge >= 0.3 is 11.9 Å². The smallest absolute Gasteiger partial charge is 0.328 e. The summed E-state index contributed by atoms with van der Waals surface area (Å²) in [5.41, 5.74) is -1.26. The molecule has 0 heterocycles. The Labute approximate surface area is 157 Å². The molecule has 1 aromatic rings. The van der Waals surface area contributed by atoms with Gasteiger partial charge in [0.25, 0.3) is 0 Å². The Kier molecular flexibility index (Phi) is 9.78. The first-order chi connectivity index (χ1) is 12.5. The van der Waals surface area contributed by atoms with Gasteiger partial charge in [0.1, 0.15) is 11.5 Å². The van der Waals surface area contributed by atoms with Crippen molar-refractivity contribution >= 4 is 11.9 Å². The van der Waals surface area contributed by atoms with Crippen molar-refractivity contribution in [2.75, 3.05) is 13.7 Å². The van der Waals surface area contributed by atoms with Crippen LogP contribution in [0, 0.1) is 5.41 Å². The number of unbranched alkanes of at least 4 members (excludes halogenated alkanes) is 4. The molecule has 0 amide bonds. The summed E-state index contributed by atoms with van der Waals surface area (Å²) < 4.78 is 15.9. The van der Waals surface area contributed by atoms with Crippen molar-refractivity contribution in [1.29, 1.82) is 0 Å². The summed E-state index contributed by atoms with van der Waals surface area (Å²) in [6, 6.07) is 6.70. The molecule has 0 saturated heterocycles. The van der Waals surface area contributed by atoms with E-state index in [0.717, 1.165) is 19.3 Å². The second-order valence-electron chi connectivity index (χ2n) is 6.40. The van der Waals surface area contributed by atoms with Gasteiger partial charge in [0, 0.05) is 0 Å². The van der Waals surface area contributed by atoms with Gasteiger partial charge in [0.2, 0.25) is 0 Å². The lowest BCUT2D eigenvalue weighted by molar-refractivity contribution is -0.168. The van der Waals surface area contributed by atoms with Gasteiger partial charge in [-0.25, -0.2) is 0 Å². The molecule has 0 atom stereocenters. The molecule has 5 heteroatoms. The van der Waals surface area contributed by atoms with Crippen LogP contribution in [0.2, 0.25) is 0 Å². The van der Waals surface area contributed by atoms with Crippen molar-refractivity contribution in [2.45, 2.75) is 65.7 Å². The van der Waals surface area contributed by atoms with Gasteiger partial charge in [-0.15, -0.1) is 0 Å². The first-order valence-electron chi connectivity index (χ1n) is 9.57. The van der Waals surface area contributed by atoms with Gasteiger partial charge in [-0.05, 0) is 43.5 Å². The van der Waals surface area contributed by atoms with E-state index in [-0.39, 0.29) is 0 Å². The zero-order valence-electron chi connectivity index (χ0n) is 16.5. The highest BCUT2D eigenvalue weighted by Gasteiger charge is 2.46. The minimum Gasteiger partial charge on any atom is -0.497 e. The monoisotopic (exact) mass is 364 g/mol. The average Bonchev–Trinajstić information content (AvgIpc) is 2.66. The first-order valence-corrected chi connectivity index (χ1v) is 9.57. The normalized spacial score (nSPS) is 11.1. The van der Waals surface area contributed by atoms with Gasteiger partial charge in [-0.2, -0.15) is 0 Å². The van der Waals surface area contributed by atoms with E-state index in [4.69, 9.17) is 14.2 Å². The number of benzene rings is 1. The lowest BCUT2D eigenvalue weighted by atomic mass is 9.82. The largest absolute Gasteiger partial charge is 0.497 e. The zero-order valence-corrected chi connectivity index (χ0v) is 16.5. The maximum atomic E-state index is 12.7. The Balaban J connectivity index is 2.67. The van der Waals surface area contributed by atoms with Crippen LogP contribution in [0.5, 0.6) is 11.5 Å². The second-order valence-corrected chi connectivity index (χ2v) is 6.40. The highest BCUT2D eigenvalue weighted by atomic mass is 16.6. The maximum Gasteiger partial charge on any atom is 0.328 e. The van der Waals surface area contributed by atoms with Crippen molar-refractivity contribution in [1.82, 2.24) is 0 Å². The number of hydrogen-bond donors (Lipinski definition) is 0. The Morgan fingerprint density at radius 1 is 0.846 bits per heavy atom. The fraction of sp³-hybridized carbons (Fsp3) is 0.619. The van der Waals surface area contributed by atoms with Gasteiger partial charge in [0.05, 0.1) is 13.7 Å². The van der Waals surface area contributed by atoms with E-state index in [1.807, 2.05) is 0 Å². The molecule has 0 aliphatic carbocycles. The van der Waals surface area contributed by atoms with Crippen LogP contribution in [0.3, 0.4) is 0 Å². The molecule has 0 bridgehead atoms. The van der Waals surface area contributed by atoms with Crippen LogP contribution in [-0.2, 0) is 14.3 Å². The van der Waals surface area contributed by atoms with E-state index < -0.39 is 17.4 Å². The number of esters is 2. The summed E-state index contributed by atoms with van der Waals surface area (Å²) in [6.45, 7) is 6.12. The number of hydrogen-bond acceptors (Lipinski definition) is 5. The fourth-order valence-electron chi connectivity index (χ4n) is 2.77. The van der Waals surface area contributed by atoms with E-state index in [9.17, 15) is 9.59 Å². The van der Waals surface area contributed by atoms with Gasteiger partial charge in [-0.1, -0.05) is 46.5 Å². The third kappa shape index (κ3) is 6.04. The Hall–Kier alpha value is -2.04. The molecule has 0 radical (unpaired) electrons. The van der Waals surface area contributed by atoms with Crippen molar-refractivity contribution < 1.29 is 23.8 Å². The van der Waals surface area contributed by atoms with Crippen LogP contribution in [0.25, 0.3) is 0 Å². The molecule has 0 aliphatic rings. The molecule has 0 aliphatic heterocycles. The molecular formula is C21H32O5. The summed E-state index contributed by atoms with van der Waals surface area (Å²) in [4.78, 5) is 25.3. The van der Waals surface area contributed by atoms with Crippen molar-refractivity contribution in [3.05, 3.63) is 24.3 Å². The molecular weight excluding hydrogens is 332 g/mol. The number of methoxy groups -OCH3 is 1. The van der Waals surface area contributed by atoms with E-state index in [0.29, 0.717) is 30.9 Å². The summed E-state index contributed by atoms with van der Waals surface area (Å²) in [7, 11) is 1.57. The van der Waals surface area contributed by atoms with Gasteiger partial charge in [0.15, 0.2) is 5.41 Å². The molecule has 0 N–H and O–H groups in total. The predicted molar refractivity (Wildman–Crippen MR) is 101 cm³/mol. The SMILES string of the molecule is CCCCCCCOC(=O)C(CC)(CC)C(=O)Oc1ccc(OC)cc1. The van der Waals surface area contributed by atoms with E-state index in [2.05, 4.69) is 6.92 Å². The van der Waals surface area contributed by atoms with Crippen LogP contribution in [0.1, 0.15) is 65.7 Å². The van der Waals surface area contributed by atoms with Crippen molar-refractivity contribution in [3.8, 4) is 11.5 Å². The predicted octanol–water partition coefficient (Wildman–Crippen LogP) is 4.92. The van der Waals surface area contributed by atoms with Gasteiger partial charge in [-0.3, -0.25) is 9.59 Å². The third-order valence-corrected chi connectivity index (χ3v) is 4.74.